The van der Waals surface area contributed by atoms with Gasteiger partial charge in [0.2, 0.25) is 11.8 Å². The van der Waals surface area contributed by atoms with Gasteiger partial charge >= 0.3 is 4.87 Å². The number of ether oxygens (including phenoxy) is 1. The summed E-state index contributed by atoms with van der Waals surface area (Å²) in [5, 5.41) is 1.12. The van der Waals surface area contributed by atoms with Crippen molar-refractivity contribution in [2.45, 2.75) is 29.5 Å². The molecular weight excluding hydrogens is 480 g/mol. The third kappa shape index (κ3) is 2.93. The number of anilines is 1. The van der Waals surface area contributed by atoms with Gasteiger partial charge in [0.15, 0.2) is 0 Å². The van der Waals surface area contributed by atoms with E-state index in [2.05, 4.69) is 17.1 Å². The smallest absolute Gasteiger partial charge is 0.305 e. The number of methoxy groups -OCH3 is 1. The summed E-state index contributed by atoms with van der Waals surface area (Å²) in [6.07, 6.45) is 0.892. The highest BCUT2D eigenvalue weighted by Crippen LogP contribution is 2.68. The minimum atomic E-state index is -0.284. The van der Waals surface area contributed by atoms with Crippen LogP contribution in [0.5, 0.6) is 5.75 Å². The predicted octanol–water partition coefficient (Wildman–Crippen LogP) is 4.43. The van der Waals surface area contributed by atoms with Gasteiger partial charge in [-0.05, 0) is 60.9 Å². The molecule has 1 saturated heterocycles. The molecule has 0 radical (unpaired) electrons. The fourth-order valence-electron chi connectivity index (χ4n) is 7.15. The number of thioether (sulfide) groups is 1. The molecule has 1 N–H and O–H groups in total. The topological polar surface area (TPSA) is 79.5 Å². The molecule has 35 heavy (non-hydrogen) atoms. The Morgan fingerprint density at radius 2 is 1.63 bits per heavy atom. The lowest BCUT2D eigenvalue weighted by Gasteiger charge is -2.43. The number of amides is 2. The Kier molecular flexibility index (Phi) is 4.64. The Morgan fingerprint density at radius 3 is 2.31 bits per heavy atom. The average Bonchev–Trinajstić information content (AvgIpc) is 3.59. The molecule has 7 atom stereocenters. The van der Waals surface area contributed by atoms with E-state index < -0.39 is 0 Å². The zero-order valence-electron chi connectivity index (χ0n) is 19.3. The molecule has 6 nitrogen and oxygen atoms in total. The molecule has 2 aliphatic carbocycles. The standard InChI is InChI=1S/C27H24N2O4S2/c1-12-3-7-14(8-4-12)29-25(30)20-16-11-17(21(20)26(29)31)22-19(16)18(13-5-9-15(33-2)10-6-13)23-24(34-22)28-27(32)35-23/h3-10,16-22H,11H2,1-2H3,(H,28,32)/t16-,17+,18+,19+,20-,21+,22-/m1/s1. The monoisotopic (exact) mass is 504 g/mol. The lowest BCUT2D eigenvalue weighted by molar-refractivity contribution is -0.123. The summed E-state index contributed by atoms with van der Waals surface area (Å²) < 4.78 is 5.36. The molecule has 2 saturated carbocycles. The number of nitrogens with zero attached hydrogens (tertiary/aromatic N) is 1. The van der Waals surface area contributed by atoms with Crippen LogP contribution in [0.25, 0.3) is 0 Å². The Labute approximate surface area is 210 Å². The zero-order chi connectivity index (χ0) is 24.0. The minimum Gasteiger partial charge on any atom is -0.497 e. The molecule has 2 bridgehead atoms. The second-order valence-electron chi connectivity index (χ2n) is 10.1. The van der Waals surface area contributed by atoms with Crippen LogP contribution >= 0.6 is 23.1 Å². The number of aromatic amines is 1. The normalized spacial score (nSPS) is 32.5. The number of hydrogen-bond acceptors (Lipinski definition) is 6. The number of aromatic nitrogens is 1. The van der Waals surface area contributed by atoms with Crippen molar-refractivity contribution in [3.8, 4) is 5.75 Å². The number of carbonyl (C=O) groups is 2. The van der Waals surface area contributed by atoms with Gasteiger partial charge in [-0.3, -0.25) is 19.3 Å². The van der Waals surface area contributed by atoms with Gasteiger partial charge < -0.3 is 9.72 Å². The van der Waals surface area contributed by atoms with E-state index in [9.17, 15) is 14.4 Å². The first-order valence-electron chi connectivity index (χ1n) is 11.9. The van der Waals surface area contributed by atoms with Crippen molar-refractivity contribution in [2.75, 3.05) is 12.0 Å². The van der Waals surface area contributed by atoms with Crippen LogP contribution in [0.15, 0.2) is 58.4 Å². The number of H-pyrrole nitrogens is 1. The van der Waals surface area contributed by atoms with Crippen molar-refractivity contribution < 1.29 is 14.3 Å². The van der Waals surface area contributed by atoms with E-state index in [0.29, 0.717) is 5.69 Å². The summed E-state index contributed by atoms with van der Waals surface area (Å²) in [5.41, 5.74) is 2.90. The second kappa shape index (κ2) is 7.58. The number of nitrogens with one attached hydrogen (secondary N) is 1. The molecule has 3 heterocycles. The molecule has 2 aliphatic heterocycles. The second-order valence-corrected chi connectivity index (χ2v) is 12.3. The molecule has 3 fully saturated rings. The Balaban J connectivity index is 1.31. The first-order valence-corrected chi connectivity index (χ1v) is 13.6. The van der Waals surface area contributed by atoms with Gasteiger partial charge in [-0.25, -0.2) is 0 Å². The highest BCUT2D eigenvalue weighted by Gasteiger charge is 2.69. The molecule has 3 aromatic rings. The van der Waals surface area contributed by atoms with Crippen molar-refractivity contribution in [2.24, 2.45) is 29.6 Å². The summed E-state index contributed by atoms with van der Waals surface area (Å²) in [7, 11) is 1.65. The molecule has 2 aromatic carbocycles. The number of hydrogen-bond donors (Lipinski definition) is 1. The van der Waals surface area contributed by atoms with Gasteiger partial charge in [-0.1, -0.05) is 41.2 Å². The SMILES string of the molecule is COc1ccc([C@@H]2c3sc(=O)[nH]c3S[C@@H]3[C@H]4C[C@@H]([C@H]5C(=O)N(c6ccc(C)cc6)C(=O)[C@@H]45)[C@@H]23)cc1. The Bertz CT molecular complexity index is 1410. The number of fused-ring (bicyclic) bond motifs is 9. The van der Waals surface area contributed by atoms with Gasteiger partial charge in [-0.2, -0.15) is 0 Å². The van der Waals surface area contributed by atoms with Crippen LogP contribution in [-0.2, 0) is 9.59 Å². The molecule has 8 heteroatoms. The van der Waals surface area contributed by atoms with E-state index in [1.165, 1.54) is 16.2 Å². The van der Waals surface area contributed by atoms with Crippen LogP contribution in [0.3, 0.4) is 0 Å². The number of aryl methyl sites for hydroxylation is 1. The van der Waals surface area contributed by atoms with Crippen LogP contribution in [0.1, 0.15) is 28.3 Å². The quantitative estimate of drug-likeness (QED) is 0.534. The molecule has 1 aromatic heterocycles. The van der Waals surface area contributed by atoms with Crippen LogP contribution in [-0.4, -0.2) is 29.2 Å². The van der Waals surface area contributed by atoms with Gasteiger partial charge in [0.25, 0.3) is 0 Å². The zero-order valence-corrected chi connectivity index (χ0v) is 20.9. The predicted molar refractivity (Wildman–Crippen MR) is 135 cm³/mol. The van der Waals surface area contributed by atoms with Crippen molar-refractivity contribution in [3.63, 3.8) is 0 Å². The summed E-state index contributed by atoms with van der Waals surface area (Å²) in [4.78, 5) is 45.3. The van der Waals surface area contributed by atoms with Crippen molar-refractivity contribution in [1.29, 1.82) is 0 Å². The summed E-state index contributed by atoms with van der Waals surface area (Å²) in [6.45, 7) is 2.00. The molecular formula is C27H24N2O4S2. The van der Waals surface area contributed by atoms with Crippen LogP contribution < -0.4 is 14.5 Å². The molecule has 178 valence electrons. The molecule has 0 unspecified atom stereocenters. The lowest BCUT2D eigenvalue weighted by atomic mass is 9.68. The van der Waals surface area contributed by atoms with Gasteiger partial charge in [-0.15, -0.1) is 11.8 Å². The summed E-state index contributed by atoms with van der Waals surface area (Å²) >= 11 is 3.00. The maximum Gasteiger partial charge on any atom is 0.305 e. The van der Waals surface area contributed by atoms with E-state index in [-0.39, 0.29) is 57.4 Å². The van der Waals surface area contributed by atoms with E-state index >= 15 is 0 Å². The molecule has 4 aliphatic rings. The average molecular weight is 505 g/mol. The first-order chi connectivity index (χ1) is 17.0. The maximum absolute atomic E-state index is 13.8. The molecule has 2 amide bonds. The Morgan fingerprint density at radius 1 is 0.943 bits per heavy atom. The van der Waals surface area contributed by atoms with Gasteiger partial charge in [0.1, 0.15) is 5.75 Å². The summed E-state index contributed by atoms with van der Waals surface area (Å²) in [6, 6.07) is 15.7. The fraction of sp³-hybridized carbons (Fsp3) is 0.370. The fourth-order valence-corrected chi connectivity index (χ4v) is 10.0. The lowest BCUT2D eigenvalue weighted by Crippen LogP contribution is -2.42. The van der Waals surface area contributed by atoms with E-state index in [0.717, 1.165) is 33.2 Å². The number of imide groups is 1. The largest absolute Gasteiger partial charge is 0.497 e. The van der Waals surface area contributed by atoms with E-state index in [1.807, 2.05) is 43.3 Å². The molecule has 7 rings (SSSR count). The molecule has 0 spiro atoms. The maximum atomic E-state index is 13.8. The summed E-state index contributed by atoms with van der Waals surface area (Å²) in [5.74, 6) is 0.598. The van der Waals surface area contributed by atoms with Crippen molar-refractivity contribution >= 4 is 40.6 Å². The van der Waals surface area contributed by atoms with Gasteiger partial charge in [0, 0.05) is 16.0 Å². The minimum absolute atomic E-state index is 0.0263. The van der Waals surface area contributed by atoms with Crippen LogP contribution in [0.4, 0.5) is 5.69 Å². The highest BCUT2D eigenvalue weighted by atomic mass is 32.2. The van der Waals surface area contributed by atoms with Gasteiger partial charge in [0.05, 0.1) is 29.7 Å². The first kappa shape index (κ1) is 21.4. The van der Waals surface area contributed by atoms with E-state index in [1.54, 1.807) is 18.9 Å². The van der Waals surface area contributed by atoms with Crippen LogP contribution in [0, 0.1) is 36.5 Å². The third-order valence-corrected chi connectivity index (χ3v) is 11.1. The van der Waals surface area contributed by atoms with Crippen molar-refractivity contribution in [3.05, 3.63) is 74.2 Å². The van der Waals surface area contributed by atoms with Crippen molar-refractivity contribution in [1.82, 2.24) is 4.98 Å². The number of rotatable bonds is 3. The number of benzene rings is 2. The Hall–Kier alpha value is -2.84. The van der Waals surface area contributed by atoms with E-state index in [4.69, 9.17) is 4.74 Å². The number of thiazole rings is 1. The highest BCUT2D eigenvalue weighted by molar-refractivity contribution is 8.00. The third-order valence-electron chi connectivity index (χ3n) is 8.49. The number of carbonyl (C=O) groups excluding carboxylic acids is 2. The van der Waals surface area contributed by atoms with Crippen LogP contribution in [0.2, 0.25) is 0 Å².